The number of alkyl halides is 2. The number of hydrogen-bond donors (Lipinski definition) is 1. The van der Waals surface area contributed by atoms with E-state index in [2.05, 4.69) is 48.6 Å². The van der Waals surface area contributed by atoms with Crippen LogP contribution in [0.4, 0.5) is 14.5 Å². The zero-order valence-corrected chi connectivity index (χ0v) is 12.8. The van der Waals surface area contributed by atoms with E-state index in [0.717, 1.165) is 13.7 Å². The molecule has 1 aliphatic heterocycles. The minimum atomic E-state index is -3.35. The number of ether oxygens (including phenoxy) is 1. The molecule has 0 aromatic heterocycles. The molecule has 1 unspecified atom stereocenters. The lowest BCUT2D eigenvalue weighted by Crippen LogP contribution is -2.22. The van der Waals surface area contributed by atoms with Gasteiger partial charge in [-0.1, -0.05) is 0 Å². The van der Waals surface area contributed by atoms with Crippen LogP contribution in [-0.4, -0.2) is 24.5 Å². The lowest BCUT2D eigenvalue weighted by Gasteiger charge is -2.11. The van der Waals surface area contributed by atoms with Crippen LogP contribution in [0, 0.1) is 3.57 Å². The van der Waals surface area contributed by atoms with Crippen molar-refractivity contribution in [1.82, 2.24) is 0 Å². The molecule has 0 saturated carbocycles. The standard InChI is InChI=1S/C11H9BrF2INO2/c12-8-2-1-6(3-9(8)15)16-5-7-4-11(13,14)10(17)18-7/h1-3,7,16H,4-5H2. The maximum Gasteiger partial charge on any atom is 0.377 e. The van der Waals surface area contributed by atoms with Gasteiger partial charge in [-0.25, -0.2) is 4.79 Å². The van der Waals surface area contributed by atoms with Crippen molar-refractivity contribution >= 4 is 50.2 Å². The molecular weight excluding hydrogens is 423 g/mol. The summed E-state index contributed by atoms with van der Waals surface area (Å²) >= 11 is 5.52. The summed E-state index contributed by atoms with van der Waals surface area (Å²) in [7, 11) is 0. The summed E-state index contributed by atoms with van der Waals surface area (Å²) in [5.74, 6) is -4.78. The number of esters is 1. The van der Waals surface area contributed by atoms with E-state index in [1.807, 2.05) is 18.2 Å². The van der Waals surface area contributed by atoms with Crippen LogP contribution in [0.3, 0.4) is 0 Å². The van der Waals surface area contributed by atoms with Gasteiger partial charge in [-0.3, -0.25) is 0 Å². The molecule has 1 heterocycles. The number of anilines is 1. The summed E-state index contributed by atoms with van der Waals surface area (Å²) in [6, 6.07) is 5.56. The highest BCUT2D eigenvalue weighted by Crippen LogP contribution is 2.31. The van der Waals surface area contributed by atoms with Crippen LogP contribution < -0.4 is 5.32 Å². The fourth-order valence-corrected chi connectivity index (χ4v) is 2.36. The Balaban J connectivity index is 1.93. The summed E-state index contributed by atoms with van der Waals surface area (Å²) in [6.45, 7) is 0.180. The van der Waals surface area contributed by atoms with Gasteiger partial charge in [0.1, 0.15) is 6.10 Å². The third-order valence-corrected chi connectivity index (χ3v) is 4.84. The van der Waals surface area contributed by atoms with Crippen molar-refractivity contribution < 1.29 is 18.3 Å². The van der Waals surface area contributed by atoms with Crippen molar-refractivity contribution in [3.63, 3.8) is 0 Å². The SMILES string of the molecule is O=C1OC(CNc2ccc(Br)c(I)c2)CC1(F)F. The number of benzene rings is 1. The Morgan fingerprint density at radius 2 is 2.28 bits per heavy atom. The molecule has 1 aromatic rings. The van der Waals surface area contributed by atoms with E-state index >= 15 is 0 Å². The highest BCUT2D eigenvalue weighted by atomic mass is 127. The molecule has 1 aromatic carbocycles. The van der Waals surface area contributed by atoms with Gasteiger partial charge in [0.05, 0.1) is 13.0 Å². The van der Waals surface area contributed by atoms with Crippen molar-refractivity contribution in [1.29, 1.82) is 0 Å². The third-order valence-electron chi connectivity index (χ3n) is 2.51. The van der Waals surface area contributed by atoms with Crippen LogP contribution in [0.5, 0.6) is 0 Å². The molecule has 3 nitrogen and oxygen atoms in total. The van der Waals surface area contributed by atoms with Gasteiger partial charge in [0.25, 0.3) is 0 Å². The molecule has 2 rings (SSSR count). The summed E-state index contributed by atoms with van der Waals surface area (Å²) in [5, 5.41) is 2.98. The van der Waals surface area contributed by atoms with E-state index in [1.165, 1.54) is 0 Å². The number of carbonyl (C=O) groups is 1. The van der Waals surface area contributed by atoms with E-state index in [1.54, 1.807) is 0 Å². The van der Waals surface area contributed by atoms with Crippen LogP contribution in [0.2, 0.25) is 0 Å². The van der Waals surface area contributed by atoms with Gasteiger partial charge >= 0.3 is 11.9 Å². The highest BCUT2D eigenvalue weighted by Gasteiger charge is 2.50. The molecule has 1 fully saturated rings. The van der Waals surface area contributed by atoms with Crippen LogP contribution in [0.15, 0.2) is 22.7 Å². The summed E-state index contributed by atoms with van der Waals surface area (Å²) < 4.78 is 32.4. The number of nitrogens with one attached hydrogen (secondary N) is 1. The Labute approximate surface area is 125 Å². The Morgan fingerprint density at radius 3 is 2.83 bits per heavy atom. The molecule has 7 heteroatoms. The van der Waals surface area contributed by atoms with Gasteiger partial charge in [-0.2, -0.15) is 8.78 Å². The second-order valence-electron chi connectivity index (χ2n) is 3.95. The first-order valence-electron chi connectivity index (χ1n) is 5.16. The molecule has 1 atom stereocenters. The minimum absolute atomic E-state index is 0.180. The van der Waals surface area contributed by atoms with Gasteiger partial charge < -0.3 is 10.1 Å². The van der Waals surface area contributed by atoms with Crippen molar-refractivity contribution in [3.8, 4) is 0 Å². The summed E-state index contributed by atoms with van der Waals surface area (Å²) in [5.41, 5.74) is 0.800. The molecule has 1 saturated heterocycles. The molecule has 0 radical (unpaired) electrons. The normalized spacial score (nSPS) is 21.8. The van der Waals surface area contributed by atoms with Gasteiger partial charge in [0, 0.05) is 13.7 Å². The molecule has 18 heavy (non-hydrogen) atoms. The number of halogens is 4. The van der Waals surface area contributed by atoms with Gasteiger partial charge in [-0.05, 0) is 56.7 Å². The Bertz CT molecular complexity index is 484. The molecule has 0 spiro atoms. The molecule has 0 amide bonds. The maximum atomic E-state index is 12.9. The smallest absolute Gasteiger partial charge is 0.377 e. The van der Waals surface area contributed by atoms with Crippen LogP contribution in [0.1, 0.15) is 6.42 Å². The number of cyclic esters (lactones) is 1. The fraction of sp³-hybridized carbons (Fsp3) is 0.364. The molecule has 98 valence electrons. The Hall–Kier alpha value is -0.440. The second-order valence-corrected chi connectivity index (χ2v) is 5.96. The zero-order valence-electron chi connectivity index (χ0n) is 9.05. The zero-order chi connectivity index (χ0) is 13.3. The number of rotatable bonds is 3. The maximum absolute atomic E-state index is 12.9. The van der Waals surface area contributed by atoms with Gasteiger partial charge in [0.15, 0.2) is 0 Å². The van der Waals surface area contributed by atoms with E-state index in [9.17, 15) is 13.6 Å². The lowest BCUT2D eigenvalue weighted by atomic mass is 10.2. The third kappa shape index (κ3) is 3.11. The van der Waals surface area contributed by atoms with Crippen molar-refractivity contribution in [3.05, 3.63) is 26.2 Å². The lowest BCUT2D eigenvalue weighted by molar-refractivity contribution is -0.158. The molecule has 1 N–H and O–H groups in total. The molecule has 1 aliphatic rings. The summed E-state index contributed by atoms with van der Waals surface area (Å²) in [6.07, 6.45) is -1.35. The van der Waals surface area contributed by atoms with E-state index in [0.29, 0.717) is 0 Å². The first kappa shape index (κ1) is 14.0. The van der Waals surface area contributed by atoms with Crippen LogP contribution in [0.25, 0.3) is 0 Å². The first-order valence-corrected chi connectivity index (χ1v) is 7.03. The van der Waals surface area contributed by atoms with E-state index in [4.69, 9.17) is 0 Å². The highest BCUT2D eigenvalue weighted by molar-refractivity contribution is 14.1. The Morgan fingerprint density at radius 1 is 1.56 bits per heavy atom. The quantitative estimate of drug-likeness (QED) is 0.588. The van der Waals surface area contributed by atoms with Gasteiger partial charge in [0.2, 0.25) is 0 Å². The second kappa shape index (κ2) is 5.28. The first-order chi connectivity index (χ1) is 8.38. The number of carbonyl (C=O) groups excluding carboxylic acids is 1. The van der Waals surface area contributed by atoms with Crippen LogP contribution in [-0.2, 0) is 9.53 Å². The topological polar surface area (TPSA) is 38.3 Å². The predicted octanol–water partition coefficient (Wildman–Crippen LogP) is 3.42. The summed E-state index contributed by atoms with van der Waals surface area (Å²) in [4.78, 5) is 10.8. The Kier molecular flexibility index (Phi) is 4.10. The largest absolute Gasteiger partial charge is 0.456 e. The average Bonchev–Trinajstić information content (AvgIpc) is 2.55. The van der Waals surface area contributed by atoms with Gasteiger partial charge in [-0.15, -0.1) is 0 Å². The molecule has 0 aliphatic carbocycles. The predicted molar refractivity (Wildman–Crippen MR) is 74.8 cm³/mol. The van der Waals surface area contributed by atoms with Crippen molar-refractivity contribution in [2.75, 3.05) is 11.9 Å². The van der Waals surface area contributed by atoms with E-state index < -0.39 is 24.4 Å². The van der Waals surface area contributed by atoms with Crippen LogP contribution >= 0.6 is 38.5 Å². The van der Waals surface area contributed by atoms with Crippen molar-refractivity contribution in [2.45, 2.75) is 18.4 Å². The fourth-order valence-electron chi connectivity index (χ4n) is 1.60. The molecular formula is C11H9BrF2INO2. The minimum Gasteiger partial charge on any atom is -0.456 e. The van der Waals surface area contributed by atoms with Crippen molar-refractivity contribution in [2.24, 2.45) is 0 Å². The average molecular weight is 432 g/mol. The molecule has 0 bridgehead atoms. The van der Waals surface area contributed by atoms with E-state index in [-0.39, 0.29) is 6.54 Å². The number of hydrogen-bond acceptors (Lipinski definition) is 3. The monoisotopic (exact) mass is 431 g/mol.